The maximum Gasteiger partial charge on any atom is 0.264 e. The largest absolute Gasteiger partial charge is 0.395 e. The van der Waals surface area contributed by atoms with Gasteiger partial charge in [-0.1, -0.05) is 19.3 Å². The second kappa shape index (κ2) is 6.53. The SMILES string of the molecule is Cc1cc(C(=O)N(CCO)C2CCCCC2)sc1C. The van der Waals surface area contributed by atoms with E-state index >= 15 is 0 Å². The number of aliphatic hydroxyl groups excluding tert-OH is 1. The lowest BCUT2D eigenvalue weighted by Crippen LogP contribution is -2.42. The summed E-state index contributed by atoms with van der Waals surface area (Å²) >= 11 is 1.57. The first-order valence-electron chi connectivity index (χ1n) is 7.12. The number of carbonyl (C=O) groups is 1. The molecule has 1 amide bonds. The third-order valence-electron chi connectivity index (χ3n) is 3.99. The van der Waals surface area contributed by atoms with Gasteiger partial charge in [0.25, 0.3) is 5.91 Å². The van der Waals surface area contributed by atoms with Crippen molar-refractivity contribution in [2.24, 2.45) is 0 Å². The van der Waals surface area contributed by atoms with Gasteiger partial charge in [-0.05, 0) is 38.3 Å². The molecule has 0 atom stereocenters. The molecule has 1 aliphatic carbocycles. The third kappa shape index (κ3) is 3.37. The Kier molecular flexibility index (Phi) is 4.99. The Morgan fingerprint density at radius 3 is 2.58 bits per heavy atom. The van der Waals surface area contributed by atoms with E-state index in [9.17, 15) is 9.90 Å². The normalized spacial score (nSPS) is 16.6. The minimum absolute atomic E-state index is 0.0472. The molecule has 1 aliphatic rings. The van der Waals surface area contributed by atoms with Crippen LogP contribution in [0.25, 0.3) is 0 Å². The molecule has 1 N–H and O–H groups in total. The van der Waals surface area contributed by atoms with Crippen molar-refractivity contribution in [2.75, 3.05) is 13.2 Å². The molecule has 106 valence electrons. The second-order valence-electron chi connectivity index (χ2n) is 5.36. The minimum atomic E-state index is 0.0472. The van der Waals surface area contributed by atoms with Crippen LogP contribution >= 0.6 is 11.3 Å². The molecule has 19 heavy (non-hydrogen) atoms. The summed E-state index contributed by atoms with van der Waals surface area (Å²) in [5, 5.41) is 9.23. The van der Waals surface area contributed by atoms with E-state index in [1.54, 1.807) is 11.3 Å². The van der Waals surface area contributed by atoms with Gasteiger partial charge in [-0.2, -0.15) is 0 Å². The summed E-state index contributed by atoms with van der Waals surface area (Å²) in [7, 11) is 0. The quantitative estimate of drug-likeness (QED) is 0.921. The third-order valence-corrected chi connectivity index (χ3v) is 5.13. The summed E-state index contributed by atoms with van der Waals surface area (Å²) in [6.07, 6.45) is 5.82. The Morgan fingerprint density at radius 1 is 1.37 bits per heavy atom. The molecule has 0 bridgehead atoms. The highest BCUT2D eigenvalue weighted by atomic mass is 32.1. The van der Waals surface area contributed by atoms with Crippen molar-refractivity contribution in [3.8, 4) is 0 Å². The van der Waals surface area contributed by atoms with E-state index in [1.807, 2.05) is 24.8 Å². The maximum absolute atomic E-state index is 12.6. The monoisotopic (exact) mass is 281 g/mol. The zero-order valence-corrected chi connectivity index (χ0v) is 12.6. The highest BCUT2D eigenvalue weighted by Crippen LogP contribution is 2.27. The summed E-state index contributed by atoms with van der Waals surface area (Å²) in [6, 6.07) is 2.30. The molecule has 0 saturated heterocycles. The zero-order valence-electron chi connectivity index (χ0n) is 11.8. The predicted molar refractivity (Wildman–Crippen MR) is 78.8 cm³/mol. The highest BCUT2D eigenvalue weighted by Gasteiger charge is 2.26. The molecule has 3 nitrogen and oxygen atoms in total. The Labute approximate surface area is 119 Å². The molecule has 2 rings (SSSR count). The first-order chi connectivity index (χ1) is 9.13. The smallest absolute Gasteiger partial charge is 0.264 e. The highest BCUT2D eigenvalue weighted by molar-refractivity contribution is 7.14. The van der Waals surface area contributed by atoms with Crippen LogP contribution < -0.4 is 0 Å². The number of hydrogen-bond donors (Lipinski definition) is 1. The molecule has 1 fully saturated rings. The van der Waals surface area contributed by atoms with Gasteiger partial charge in [0, 0.05) is 17.5 Å². The van der Waals surface area contributed by atoms with E-state index in [4.69, 9.17) is 0 Å². The number of amides is 1. The number of aryl methyl sites for hydroxylation is 2. The second-order valence-corrected chi connectivity index (χ2v) is 6.62. The summed E-state index contributed by atoms with van der Waals surface area (Å²) in [6.45, 7) is 4.60. The number of carbonyl (C=O) groups excluding carboxylic acids is 1. The molecule has 0 aliphatic heterocycles. The van der Waals surface area contributed by atoms with Crippen LogP contribution in [0.15, 0.2) is 6.07 Å². The summed E-state index contributed by atoms with van der Waals surface area (Å²) in [4.78, 5) is 16.5. The lowest BCUT2D eigenvalue weighted by atomic mass is 9.94. The van der Waals surface area contributed by atoms with Crippen molar-refractivity contribution >= 4 is 17.2 Å². The van der Waals surface area contributed by atoms with E-state index < -0.39 is 0 Å². The number of hydrogen-bond acceptors (Lipinski definition) is 3. The molecule has 1 saturated carbocycles. The molecular formula is C15H23NO2S. The van der Waals surface area contributed by atoms with E-state index in [0.717, 1.165) is 17.7 Å². The van der Waals surface area contributed by atoms with Crippen LogP contribution in [0.2, 0.25) is 0 Å². The van der Waals surface area contributed by atoms with Crippen molar-refractivity contribution in [1.29, 1.82) is 0 Å². The first-order valence-corrected chi connectivity index (χ1v) is 7.94. The average molecular weight is 281 g/mol. The fourth-order valence-electron chi connectivity index (χ4n) is 2.77. The van der Waals surface area contributed by atoms with Crippen molar-refractivity contribution in [3.63, 3.8) is 0 Å². The Hall–Kier alpha value is -0.870. The summed E-state index contributed by atoms with van der Waals surface area (Å²) in [5.41, 5.74) is 1.18. The molecule has 1 aromatic rings. The van der Waals surface area contributed by atoms with Gasteiger partial charge in [-0.25, -0.2) is 0 Å². The Morgan fingerprint density at radius 2 is 2.05 bits per heavy atom. The van der Waals surface area contributed by atoms with Gasteiger partial charge < -0.3 is 10.0 Å². The lowest BCUT2D eigenvalue weighted by molar-refractivity contribution is 0.0590. The van der Waals surface area contributed by atoms with Gasteiger partial charge in [0.05, 0.1) is 11.5 Å². The summed E-state index contributed by atoms with van der Waals surface area (Å²) in [5.74, 6) is 0.0992. The first kappa shape index (κ1) is 14.5. The Bertz CT molecular complexity index is 416. The van der Waals surface area contributed by atoms with Crippen LogP contribution in [-0.4, -0.2) is 35.1 Å². The molecule has 0 radical (unpaired) electrons. The van der Waals surface area contributed by atoms with Crippen molar-refractivity contribution in [3.05, 3.63) is 21.4 Å². The van der Waals surface area contributed by atoms with Crippen LogP contribution in [-0.2, 0) is 0 Å². The summed E-state index contributed by atoms with van der Waals surface area (Å²) < 4.78 is 0. The van der Waals surface area contributed by atoms with Gasteiger partial charge in [0.15, 0.2) is 0 Å². The topological polar surface area (TPSA) is 40.5 Å². The molecule has 1 heterocycles. The van der Waals surface area contributed by atoms with E-state index in [-0.39, 0.29) is 12.5 Å². The fourth-order valence-corrected chi connectivity index (χ4v) is 3.76. The Balaban J connectivity index is 2.15. The fraction of sp³-hybridized carbons (Fsp3) is 0.667. The number of thiophene rings is 1. The molecule has 0 aromatic carbocycles. The van der Waals surface area contributed by atoms with Crippen molar-refractivity contribution < 1.29 is 9.90 Å². The number of nitrogens with zero attached hydrogens (tertiary/aromatic N) is 1. The standard InChI is InChI=1S/C15H23NO2S/c1-11-10-14(19-12(11)2)15(18)16(8-9-17)13-6-4-3-5-7-13/h10,13,17H,3-9H2,1-2H3. The lowest BCUT2D eigenvalue weighted by Gasteiger charge is -2.33. The van der Waals surface area contributed by atoms with Gasteiger partial charge in [-0.15, -0.1) is 11.3 Å². The van der Waals surface area contributed by atoms with Crippen LogP contribution in [0.5, 0.6) is 0 Å². The van der Waals surface area contributed by atoms with Crippen molar-refractivity contribution in [1.82, 2.24) is 4.90 Å². The number of aliphatic hydroxyl groups is 1. The van der Waals surface area contributed by atoms with E-state index in [0.29, 0.717) is 12.6 Å². The van der Waals surface area contributed by atoms with Crippen LogP contribution in [0.1, 0.15) is 52.2 Å². The number of rotatable bonds is 4. The molecule has 1 aromatic heterocycles. The van der Waals surface area contributed by atoms with Gasteiger partial charge >= 0.3 is 0 Å². The molecule has 4 heteroatoms. The van der Waals surface area contributed by atoms with E-state index in [2.05, 4.69) is 0 Å². The molecular weight excluding hydrogens is 258 g/mol. The van der Waals surface area contributed by atoms with Crippen LogP contribution in [0.3, 0.4) is 0 Å². The van der Waals surface area contributed by atoms with Crippen LogP contribution in [0, 0.1) is 13.8 Å². The minimum Gasteiger partial charge on any atom is -0.395 e. The van der Waals surface area contributed by atoms with Gasteiger partial charge in [-0.3, -0.25) is 4.79 Å². The average Bonchev–Trinajstić information content (AvgIpc) is 2.76. The molecule has 0 unspecified atom stereocenters. The van der Waals surface area contributed by atoms with Crippen molar-refractivity contribution in [2.45, 2.75) is 52.0 Å². The maximum atomic E-state index is 12.6. The van der Waals surface area contributed by atoms with Gasteiger partial charge in [0.2, 0.25) is 0 Å². The van der Waals surface area contributed by atoms with Crippen LogP contribution in [0.4, 0.5) is 0 Å². The predicted octanol–water partition coefficient (Wildman–Crippen LogP) is 3.13. The molecule has 0 spiro atoms. The van der Waals surface area contributed by atoms with Gasteiger partial charge in [0.1, 0.15) is 0 Å². The van der Waals surface area contributed by atoms with E-state index in [1.165, 1.54) is 29.7 Å². The zero-order chi connectivity index (χ0) is 13.8.